The molecule has 1 fully saturated rings. The molecule has 0 aliphatic carbocycles. The number of aryl methyl sites for hydroxylation is 1. The summed E-state index contributed by atoms with van der Waals surface area (Å²) in [7, 11) is 0. The second-order valence-electron chi connectivity index (χ2n) is 5.80. The number of aromatic hydroxyl groups is 1. The van der Waals surface area contributed by atoms with E-state index in [1.165, 1.54) is 0 Å². The summed E-state index contributed by atoms with van der Waals surface area (Å²) in [4.78, 5) is 27.0. The van der Waals surface area contributed by atoms with Crippen molar-refractivity contribution in [2.45, 2.75) is 26.3 Å². The Labute approximate surface area is 130 Å². The number of carbonyl (C=O) groups excluding carboxylic acids is 1. The van der Waals surface area contributed by atoms with Gasteiger partial charge in [0.2, 0.25) is 0 Å². The van der Waals surface area contributed by atoms with Gasteiger partial charge in [-0.1, -0.05) is 6.07 Å². The lowest BCUT2D eigenvalue weighted by Gasteiger charge is -2.37. The minimum atomic E-state index is -0.810. The van der Waals surface area contributed by atoms with Gasteiger partial charge in [0.1, 0.15) is 5.75 Å². The monoisotopic (exact) mass is 306 g/mol. The molecule has 1 unspecified atom stereocenters. The Hall–Kier alpha value is -2.08. The van der Waals surface area contributed by atoms with E-state index in [-0.39, 0.29) is 24.1 Å². The third-order valence-corrected chi connectivity index (χ3v) is 4.08. The Balaban J connectivity index is 1.96. The van der Waals surface area contributed by atoms with Gasteiger partial charge in [-0.3, -0.25) is 14.5 Å². The SMILES string of the molecule is Cc1ccc(C(=O)N2CCN(C(C)CC(=O)O)CC2)c(O)c1. The van der Waals surface area contributed by atoms with Crippen LogP contribution in [-0.2, 0) is 4.79 Å². The van der Waals surface area contributed by atoms with E-state index < -0.39 is 5.97 Å². The molecule has 6 nitrogen and oxygen atoms in total. The molecule has 1 aliphatic heterocycles. The van der Waals surface area contributed by atoms with Crippen LogP contribution in [0, 0.1) is 6.92 Å². The first kappa shape index (κ1) is 16.3. The van der Waals surface area contributed by atoms with E-state index in [4.69, 9.17) is 5.11 Å². The van der Waals surface area contributed by atoms with Crippen LogP contribution >= 0.6 is 0 Å². The Morgan fingerprint density at radius 2 is 1.86 bits per heavy atom. The van der Waals surface area contributed by atoms with Crippen LogP contribution in [-0.4, -0.2) is 64.1 Å². The van der Waals surface area contributed by atoms with Crippen LogP contribution in [0.3, 0.4) is 0 Å². The van der Waals surface area contributed by atoms with E-state index in [9.17, 15) is 14.7 Å². The Bertz CT molecular complexity index is 565. The van der Waals surface area contributed by atoms with Crippen LogP contribution in [0.1, 0.15) is 29.3 Å². The molecular formula is C16H22N2O4. The van der Waals surface area contributed by atoms with Crippen molar-refractivity contribution in [1.29, 1.82) is 0 Å². The van der Waals surface area contributed by atoms with Gasteiger partial charge in [0.25, 0.3) is 5.91 Å². The molecule has 1 saturated heterocycles. The molecule has 1 aliphatic rings. The number of benzene rings is 1. The van der Waals surface area contributed by atoms with Crippen LogP contribution in [0.4, 0.5) is 0 Å². The fraction of sp³-hybridized carbons (Fsp3) is 0.500. The lowest BCUT2D eigenvalue weighted by molar-refractivity contribution is -0.138. The molecule has 0 radical (unpaired) electrons. The molecule has 120 valence electrons. The van der Waals surface area contributed by atoms with E-state index in [2.05, 4.69) is 4.90 Å². The van der Waals surface area contributed by atoms with Crippen molar-refractivity contribution in [2.24, 2.45) is 0 Å². The fourth-order valence-corrected chi connectivity index (χ4v) is 2.74. The van der Waals surface area contributed by atoms with Crippen molar-refractivity contribution < 1.29 is 19.8 Å². The predicted octanol–water partition coefficient (Wildman–Crippen LogP) is 1.32. The van der Waals surface area contributed by atoms with Gasteiger partial charge in [-0.15, -0.1) is 0 Å². The van der Waals surface area contributed by atoms with E-state index in [1.54, 1.807) is 23.1 Å². The molecule has 1 atom stereocenters. The van der Waals surface area contributed by atoms with Crippen LogP contribution in [0.25, 0.3) is 0 Å². The lowest BCUT2D eigenvalue weighted by Crippen LogP contribution is -2.51. The molecule has 6 heteroatoms. The maximum absolute atomic E-state index is 12.4. The van der Waals surface area contributed by atoms with Crippen molar-refractivity contribution in [3.63, 3.8) is 0 Å². The number of phenols is 1. The highest BCUT2D eigenvalue weighted by Crippen LogP contribution is 2.21. The highest BCUT2D eigenvalue weighted by molar-refractivity contribution is 5.97. The van der Waals surface area contributed by atoms with E-state index in [0.29, 0.717) is 31.7 Å². The quantitative estimate of drug-likeness (QED) is 0.877. The van der Waals surface area contributed by atoms with Crippen molar-refractivity contribution in [2.75, 3.05) is 26.2 Å². The summed E-state index contributed by atoms with van der Waals surface area (Å²) < 4.78 is 0. The molecule has 1 aromatic rings. The Morgan fingerprint density at radius 1 is 1.23 bits per heavy atom. The molecule has 1 amide bonds. The number of carboxylic acid groups (broad SMARTS) is 1. The summed E-state index contributed by atoms with van der Waals surface area (Å²) in [5, 5.41) is 18.7. The minimum absolute atomic E-state index is 0.00618. The fourth-order valence-electron chi connectivity index (χ4n) is 2.74. The highest BCUT2D eigenvalue weighted by Gasteiger charge is 2.26. The maximum Gasteiger partial charge on any atom is 0.304 e. The summed E-state index contributed by atoms with van der Waals surface area (Å²) in [6, 6.07) is 4.99. The average molecular weight is 306 g/mol. The van der Waals surface area contributed by atoms with Crippen molar-refractivity contribution in [1.82, 2.24) is 9.80 Å². The second-order valence-corrected chi connectivity index (χ2v) is 5.80. The van der Waals surface area contributed by atoms with Gasteiger partial charge in [-0.25, -0.2) is 0 Å². The number of nitrogens with zero attached hydrogens (tertiary/aromatic N) is 2. The molecule has 0 saturated carbocycles. The van der Waals surface area contributed by atoms with Gasteiger partial charge in [-0.2, -0.15) is 0 Å². The topological polar surface area (TPSA) is 81.1 Å². The number of rotatable bonds is 4. The Kier molecular flexibility index (Phi) is 5.03. The zero-order valence-electron chi connectivity index (χ0n) is 13.0. The summed E-state index contributed by atoms with van der Waals surface area (Å²) in [6.45, 7) is 6.11. The third kappa shape index (κ3) is 3.76. The van der Waals surface area contributed by atoms with Gasteiger partial charge in [-0.05, 0) is 31.5 Å². The van der Waals surface area contributed by atoms with Gasteiger partial charge in [0.15, 0.2) is 0 Å². The predicted molar refractivity (Wildman–Crippen MR) is 82.0 cm³/mol. The highest BCUT2D eigenvalue weighted by atomic mass is 16.4. The number of carboxylic acids is 1. The summed E-state index contributed by atoms with van der Waals surface area (Å²) in [6.07, 6.45) is 0.104. The smallest absolute Gasteiger partial charge is 0.304 e. The van der Waals surface area contributed by atoms with Gasteiger partial charge >= 0.3 is 5.97 Å². The van der Waals surface area contributed by atoms with Crippen LogP contribution < -0.4 is 0 Å². The van der Waals surface area contributed by atoms with Crippen molar-refractivity contribution in [3.05, 3.63) is 29.3 Å². The van der Waals surface area contributed by atoms with Gasteiger partial charge in [0, 0.05) is 32.2 Å². The van der Waals surface area contributed by atoms with E-state index in [1.807, 2.05) is 13.8 Å². The number of hydrogen-bond donors (Lipinski definition) is 2. The zero-order valence-corrected chi connectivity index (χ0v) is 13.0. The van der Waals surface area contributed by atoms with Gasteiger partial charge in [0.05, 0.1) is 12.0 Å². The number of aliphatic carboxylic acids is 1. The second kappa shape index (κ2) is 6.79. The molecule has 0 spiro atoms. The molecule has 1 aromatic carbocycles. The zero-order chi connectivity index (χ0) is 16.3. The van der Waals surface area contributed by atoms with E-state index in [0.717, 1.165) is 5.56 Å². The molecule has 0 bridgehead atoms. The van der Waals surface area contributed by atoms with Crippen molar-refractivity contribution in [3.8, 4) is 5.75 Å². The molecule has 1 heterocycles. The molecule has 0 aromatic heterocycles. The normalized spacial score (nSPS) is 17.3. The number of piperazine rings is 1. The Morgan fingerprint density at radius 3 is 2.41 bits per heavy atom. The minimum Gasteiger partial charge on any atom is -0.507 e. The average Bonchev–Trinajstić information content (AvgIpc) is 2.46. The largest absolute Gasteiger partial charge is 0.507 e. The summed E-state index contributed by atoms with van der Waals surface area (Å²) in [5.41, 5.74) is 1.22. The first-order valence-corrected chi connectivity index (χ1v) is 7.43. The van der Waals surface area contributed by atoms with Crippen LogP contribution in [0.15, 0.2) is 18.2 Å². The molecule has 2 N–H and O–H groups in total. The molecule has 2 rings (SSSR count). The maximum atomic E-state index is 12.4. The van der Waals surface area contributed by atoms with Crippen LogP contribution in [0.5, 0.6) is 5.75 Å². The molecule has 22 heavy (non-hydrogen) atoms. The summed E-state index contributed by atoms with van der Waals surface area (Å²) in [5.74, 6) is -0.981. The lowest BCUT2D eigenvalue weighted by atomic mass is 10.1. The third-order valence-electron chi connectivity index (χ3n) is 4.08. The van der Waals surface area contributed by atoms with E-state index >= 15 is 0 Å². The number of carbonyl (C=O) groups is 2. The molecular weight excluding hydrogens is 284 g/mol. The first-order valence-electron chi connectivity index (χ1n) is 7.43. The summed E-state index contributed by atoms with van der Waals surface area (Å²) >= 11 is 0. The standard InChI is InChI=1S/C16H22N2O4/c1-11-3-4-13(14(19)9-11)16(22)18-7-5-17(6-8-18)12(2)10-15(20)21/h3-4,9,12,19H,5-8,10H2,1-2H3,(H,20,21). The van der Waals surface area contributed by atoms with Crippen LogP contribution in [0.2, 0.25) is 0 Å². The first-order chi connectivity index (χ1) is 10.4. The van der Waals surface area contributed by atoms with Gasteiger partial charge < -0.3 is 15.1 Å². The number of hydrogen-bond acceptors (Lipinski definition) is 4. The van der Waals surface area contributed by atoms with Crippen molar-refractivity contribution >= 4 is 11.9 Å². The number of amides is 1. The number of phenolic OH excluding ortho intramolecular Hbond substituents is 1.